The standard InChI is InChI=1S/C16H28N2S/c1-4-17-11-15-9-10-16(19-15)12-18(3)14-7-5-13(2)6-8-14/h9-10,13-14,17H,4-8,11-12H2,1-3H3. The summed E-state index contributed by atoms with van der Waals surface area (Å²) in [5, 5.41) is 3.40. The monoisotopic (exact) mass is 280 g/mol. The first-order valence-corrected chi connectivity index (χ1v) is 8.49. The maximum atomic E-state index is 3.40. The maximum absolute atomic E-state index is 3.40. The molecular weight excluding hydrogens is 252 g/mol. The van der Waals surface area contributed by atoms with Crippen LogP contribution in [0.25, 0.3) is 0 Å². The first-order valence-electron chi connectivity index (χ1n) is 7.67. The second kappa shape index (κ2) is 7.41. The van der Waals surface area contributed by atoms with Gasteiger partial charge in [-0.3, -0.25) is 4.90 Å². The van der Waals surface area contributed by atoms with Gasteiger partial charge in [-0.25, -0.2) is 0 Å². The predicted octanol–water partition coefficient (Wildman–Crippen LogP) is 3.87. The smallest absolute Gasteiger partial charge is 0.0327 e. The van der Waals surface area contributed by atoms with Crippen LogP contribution in [0.5, 0.6) is 0 Å². The highest BCUT2D eigenvalue weighted by Crippen LogP contribution is 2.28. The van der Waals surface area contributed by atoms with Gasteiger partial charge in [0.25, 0.3) is 0 Å². The molecule has 0 bridgehead atoms. The molecule has 0 aromatic carbocycles. The highest BCUT2D eigenvalue weighted by molar-refractivity contribution is 7.11. The van der Waals surface area contributed by atoms with Crippen LogP contribution >= 0.6 is 11.3 Å². The summed E-state index contributed by atoms with van der Waals surface area (Å²) >= 11 is 1.96. The van der Waals surface area contributed by atoms with E-state index in [4.69, 9.17) is 0 Å². The van der Waals surface area contributed by atoms with Crippen molar-refractivity contribution < 1.29 is 0 Å². The lowest BCUT2D eigenvalue weighted by Crippen LogP contribution is -2.34. The molecule has 3 heteroatoms. The predicted molar refractivity (Wildman–Crippen MR) is 84.6 cm³/mol. The van der Waals surface area contributed by atoms with Crippen molar-refractivity contribution in [3.63, 3.8) is 0 Å². The first kappa shape index (κ1) is 15.0. The van der Waals surface area contributed by atoms with Crippen molar-refractivity contribution in [2.24, 2.45) is 5.92 Å². The van der Waals surface area contributed by atoms with Gasteiger partial charge in [0.2, 0.25) is 0 Å². The molecule has 0 spiro atoms. The second-order valence-electron chi connectivity index (χ2n) is 5.98. The van der Waals surface area contributed by atoms with Gasteiger partial charge in [-0.1, -0.05) is 13.8 Å². The van der Waals surface area contributed by atoms with Gasteiger partial charge in [-0.15, -0.1) is 11.3 Å². The topological polar surface area (TPSA) is 15.3 Å². The maximum Gasteiger partial charge on any atom is 0.0327 e. The SMILES string of the molecule is CCNCc1ccc(CN(C)C2CCC(C)CC2)s1. The zero-order valence-electron chi connectivity index (χ0n) is 12.6. The summed E-state index contributed by atoms with van der Waals surface area (Å²) in [6.07, 6.45) is 5.58. The van der Waals surface area contributed by atoms with Gasteiger partial charge in [0.05, 0.1) is 0 Å². The molecule has 0 radical (unpaired) electrons. The molecule has 1 aliphatic rings. The van der Waals surface area contributed by atoms with Crippen LogP contribution in [0, 0.1) is 5.92 Å². The molecule has 1 aliphatic carbocycles. The van der Waals surface area contributed by atoms with E-state index in [0.717, 1.165) is 31.6 Å². The zero-order valence-corrected chi connectivity index (χ0v) is 13.4. The van der Waals surface area contributed by atoms with E-state index < -0.39 is 0 Å². The molecule has 108 valence electrons. The molecule has 2 nitrogen and oxygen atoms in total. The van der Waals surface area contributed by atoms with Crippen LogP contribution in [0.3, 0.4) is 0 Å². The van der Waals surface area contributed by atoms with E-state index >= 15 is 0 Å². The Morgan fingerprint density at radius 1 is 1.21 bits per heavy atom. The minimum Gasteiger partial charge on any atom is -0.312 e. The van der Waals surface area contributed by atoms with Crippen LogP contribution in [0.2, 0.25) is 0 Å². The van der Waals surface area contributed by atoms with Crippen molar-refractivity contribution in [1.29, 1.82) is 0 Å². The van der Waals surface area contributed by atoms with Crippen molar-refractivity contribution >= 4 is 11.3 Å². The summed E-state index contributed by atoms with van der Waals surface area (Å²) in [6.45, 7) is 7.74. The third-order valence-corrected chi connectivity index (χ3v) is 5.35. The van der Waals surface area contributed by atoms with E-state index in [1.54, 1.807) is 0 Å². The Morgan fingerprint density at radius 3 is 2.58 bits per heavy atom. The number of nitrogens with zero attached hydrogens (tertiary/aromatic N) is 1. The van der Waals surface area contributed by atoms with E-state index in [-0.39, 0.29) is 0 Å². The Bertz CT molecular complexity index is 367. The largest absolute Gasteiger partial charge is 0.312 e. The van der Waals surface area contributed by atoms with Crippen LogP contribution in [0.4, 0.5) is 0 Å². The Hall–Kier alpha value is -0.380. The molecule has 0 atom stereocenters. The molecular formula is C16H28N2S. The molecule has 1 aromatic rings. The summed E-state index contributed by atoms with van der Waals surface area (Å²) in [5.41, 5.74) is 0. The Balaban J connectivity index is 1.81. The minimum atomic E-state index is 0.801. The average molecular weight is 280 g/mol. The van der Waals surface area contributed by atoms with Crippen molar-refractivity contribution in [3.05, 3.63) is 21.9 Å². The van der Waals surface area contributed by atoms with Gasteiger partial charge in [0.15, 0.2) is 0 Å². The summed E-state index contributed by atoms with van der Waals surface area (Å²) in [5.74, 6) is 0.943. The lowest BCUT2D eigenvalue weighted by atomic mass is 9.87. The molecule has 0 unspecified atom stereocenters. The quantitative estimate of drug-likeness (QED) is 0.851. The molecule has 2 rings (SSSR count). The number of rotatable bonds is 6. The molecule has 0 aliphatic heterocycles. The molecule has 1 N–H and O–H groups in total. The van der Waals surface area contributed by atoms with Crippen LogP contribution in [-0.2, 0) is 13.1 Å². The highest BCUT2D eigenvalue weighted by atomic mass is 32.1. The van der Waals surface area contributed by atoms with E-state index in [0.29, 0.717) is 0 Å². The summed E-state index contributed by atoms with van der Waals surface area (Å²) < 4.78 is 0. The normalized spacial score (nSPS) is 24.0. The number of hydrogen-bond acceptors (Lipinski definition) is 3. The molecule has 1 fully saturated rings. The molecule has 19 heavy (non-hydrogen) atoms. The third-order valence-electron chi connectivity index (χ3n) is 4.28. The number of thiophene rings is 1. The minimum absolute atomic E-state index is 0.801. The zero-order chi connectivity index (χ0) is 13.7. The van der Waals surface area contributed by atoms with Gasteiger partial charge in [-0.05, 0) is 57.3 Å². The van der Waals surface area contributed by atoms with Crippen molar-refractivity contribution in [2.75, 3.05) is 13.6 Å². The van der Waals surface area contributed by atoms with E-state index in [9.17, 15) is 0 Å². The summed E-state index contributed by atoms with van der Waals surface area (Å²) in [4.78, 5) is 5.53. The van der Waals surface area contributed by atoms with Gasteiger partial charge in [-0.2, -0.15) is 0 Å². The Morgan fingerprint density at radius 2 is 1.89 bits per heavy atom. The van der Waals surface area contributed by atoms with Crippen LogP contribution in [-0.4, -0.2) is 24.5 Å². The fourth-order valence-corrected chi connectivity index (χ4v) is 3.96. The molecule has 1 heterocycles. The van der Waals surface area contributed by atoms with Crippen molar-refractivity contribution in [1.82, 2.24) is 10.2 Å². The van der Waals surface area contributed by atoms with E-state index in [1.165, 1.54) is 35.4 Å². The Kier molecular flexibility index (Phi) is 5.86. The number of hydrogen-bond donors (Lipinski definition) is 1. The van der Waals surface area contributed by atoms with Gasteiger partial charge in [0.1, 0.15) is 0 Å². The fraction of sp³-hybridized carbons (Fsp3) is 0.750. The highest BCUT2D eigenvalue weighted by Gasteiger charge is 2.21. The molecule has 1 aromatic heterocycles. The van der Waals surface area contributed by atoms with Crippen LogP contribution in [0.1, 0.15) is 49.3 Å². The Labute approximate surface area is 122 Å². The van der Waals surface area contributed by atoms with E-state index in [2.05, 4.69) is 43.2 Å². The fourth-order valence-electron chi connectivity index (χ4n) is 2.91. The van der Waals surface area contributed by atoms with Crippen molar-refractivity contribution in [2.45, 2.75) is 58.7 Å². The average Bonchev–Trinajstić information content (AvgIpc) is 2.84. The second-order valence-corrected chi connectivity index (χ2v) is 7.23. The van der Waals surface area contributed by atoms with Crippen LogP contribution < -0.4 is 5.32 Å². The van der Waals surface area contributed by atoms with Gasteiger partial charge in [0, 0.05) is 28.9 Å². The molecule has 0 saturated heterocycles. The van der Waals surface area contributed by atoms with Gasteiger partial charge < -0.3 is 5.32 Å². The summed E-state index contributed by atoms with van der Waals surface area (Å²) in [7, 11) is 2.30. The summed E-state index contributed by atoms with van der Waals surface area (Å²) in [6, 6.07) is 5.38. The lowest BCUT2D eigenvalue weighted by Gasteiger charge is -2.33. The van der Waals surface area contributed by atoms with Gasteiger partial charge >= 0.3 is 0 Å². The molecule has 1 saturated carbocycles. The first-order chi connectivity index (χ1) is 9.19. The van der Waals surface area contributed by atoms with Crippen LogP contribution in [0.15, 0.2) is 12.1 Å². The van der Waals surface area contributed by atoms with E-state index in [1.807, 2.05) is 11.3 Å². The lowest BCUT2D eigenvalue weighted by molar-refractivity contribution is 0.165. The van der Waals surface area contributed by atoms with Crippen molar-refractivity contribution in [3.8, 4) is 0 Å². The molecule has 0 amide bonds. The number of nitrogens with one attached hydrogen (secondary N) is 1. The third kappa shape index (κ3) is 4.59.